The van der Waals surface area contributed by atoms with Crippen LogP contribution in [0.4, 0.5) is 0 Å². The summed E-state index contributed by atoms with van der Waals surface area (Å²) in [6.45, 7) is 8.77. The minimum absolute atomic E-state index is 0.631. The van der Waals surface area contributed by atoms with E-state index in [0.29, 0.717) is 4.99 Å². The molecule has 20 heavy (non-hydrogen) atoms. The second-order valence-electron chi connectivity index (χ2n) is 5.82. The van der Waals surface area contributed by atoms with Crippen LogP contribution in [0.5, 0.6) is 0 Å². The Balaban J connectivity index is 3.82. The van der Waals surface area contributed by atoms with E-state index in [2.05, 4.69) is 45.9 Å². The molecule has 0 spiro atoms. The van der Waals surface area contributed by atoms with E-state index in [1.807, 2.05) is 0 Å². The van der Waals surface area contributed by atoms with Crippen LogP contribution >= 0.6 is 12.2 Å². The van der Waals surface area contributed by atoms with Gasteiger partial charge in [0.1, 0.15) is 0 Å². The van der Waals surface area contributed by atoms with Crippen molar-refractivity contribution < 1.29 is 0 Å². The van der Waals surface area contributed by atoms with Crippen molar-refractivity contribution >= 4 is 17.2 Å². The Kier molecular flexibility index (Phi) is 11.4. The number of hydrogen-bond acceptors (Lipinski definition) is 1. The molecule has 0 aliphatic carbocycles. The van der Waals surface area contributed by atoms with Gasteiger partial charge in [0, 0.05) is 0 Å². The van der Waals surface area contributed by atoms with Gasteiger partial charge in [-0.15, -0.1) is 0 Å². The number of hydrogen-bond donors (Lipinski definition) is 1. The average molecular weight is 294 g/mol. The number of unbranched alkanes of at least 4 members (excludes halogenated alkanes) is 1. The smallest absolute Gasteiger partial charge is 0.0727 e. The summed E-state index contributed by atoms with van der Waals surface area (Å²) in [6.07, 6.45) is 14.7. The molecule has 2 N–H and O–H groups in total. The molecule has 0 fully saturated rings. The fourth-order valence-electron chi connectivity index (χ4n) is 1.96. The lowest BCUT2D eigenvalue weighted by molar-refractivity contribution is 0.867. The topological polar surface area (TPSA) is 26.0 Å². The first-order valence-electron chi connectivity index (χ1n) is 7.64. The molecule has 0 aliphatic rings. The Morgan fingerprint density at radius 2 is 1.30 bits per heavy atom. The monoisotopic (exact) mass is 293 g/mol. The molecule has 0 atom stereocenters. The molecule has 0 radical (unpaired) electrons. The Labute approximate surface area is 131 Å². The first kappa shape index (κ1) is 19.1. The highest BCUT2D eigenvalue weighted by molar-refractivity contribution is 7.80. The molecule has 0 unspecified atom stereocenters. The van der Waals surface area contributed by atoms with Crippen LogP contribution < -0.4 is 5.73 Å². The molecule has 0 saturated heterocycles. The van der Waals surface area contributed by atoms with Crippen LogP contribution in [0.1, 0.15) is 72.6 Å². The zero-order valence-electron chi connectivity index (χ0n) is 13.7. The maximum Gasteiger partial charge on any atom is 0.0727 e. The van der Waals surface area contributed by atoms with Crippen molar-refractivity contribution in [3.8, 4) is 0 Å². The van der Waals surface area contributed by atoms with Gasteiger partial charge in [-0.25, -0.2) is 0 Å². The lowest BCUT2D eigenvalue weighted by Crippen LogP contribution is -2.06. The van der Waals surface area contributed by atoms with E-state index in [9.17, 15) is 0 Å². The van der Waals surface area contributed by atoms with E-state index in [1.54, 1.807) is 0 Å². The van der Waals surface area contributed by atoms with Gasteiger partial charge in [0.2, 0.25) is 0 Å². The molecule has 0 saturated carbocycles. The quantitative estimate of drug-likeness (QED) is 0.310. The van der Waals surface area contributed by atoms with Crippen LogP contribution in [0.3, 0.4) is 0 Å². The summed E-state index contributed by atoms with van der Waals surface area (Å²) >= 11 is 4.87. The lowest BCUT2D eigenvalue weighted by atomic mass is 10.1. The van der Waals surface area contributed by atoms with Crippen LogP contribution in [0.15, 0.2) is 34.9 Å². The third-order valence-corrected chi connectivity index (χ3v) is 3.45. The number of rotatable bonds is 10. The average Bonchev–Trinajstić information content (AvgIpc) is 2.34. The van der Waals surface area contributed by atoms with Crippen molar-refractivity contribution in [2.24, 2.45) is 5.73 Å². The number of nitrogens with two attached hydrogens (primary N) is 1. The van der Waals surface area contributed by atoms with Gasteiger partial charge in [-0.1, -0.05) is 47.2 Å². The van der Waals surface area contributed by atoms with E-state index in [0.717, 1.165) is 32.1 Å². The second kappa shape index (κ2) is 11.9. The van der Waals surface area contributed by atoms with E-state index in [1.165, 1.54) is 29.6 Å². The van der Waals surface area contributed by atoms with Gasteiger partial charge in [0.25, 0.3) is 0 Å². The summed E-state index contributed by atoms with van der Waals surface area (Å²) in [7, 11) is 0. The van der Waals surface area contributed by atoms with Crippen molar-refractivity contribution in [3.63, 3.8) is 0 Å². The van der Waals surface area contributed by atoms with Gasteiger partial charge < -0.3 is 5.73 Å². The molecule has 0 aromatic heterocycles. The largest absolute Gasteiger partial charge is 0.393 e. The third-order valence-electron chi connectivity index (χ3n) is 3.24. The van der Waals surface area contributed by atoms with E-state index < -0.39 is 0 Å². The fourth-order valence-corrected chi connectivity index (χ4v) is 2.11. The molecular formula is C18H31NS. The molecule has 2 heteroatoms. The minimum atomic E-state index is 0.631. The molecule has 0 amide bonds. The summed E-state index contributed by atoms with van der Waals surface area (Å²) in [5.41, 5.74) is 9.87. The van der Waals surface area contributed by atoms with E-state index in [-0.39, 0.29) is 0 Å². The summed E-state index contributed by atoms with van der Waals surface area (Å²) in [5.74, 6) is 0. The van der Waals surface area contributed by atoms with Crippen molar-refractivity contribution in [3.05, 3.63) is 34.9 Å². The van der Waals surface area contributed by atoms with Gasteiger partial charge in [-0.3, -0.25) is 0 Å². The molecule has 0 aromatic carbocycles. The third kappa shape index (κ3) is 13.5. The molecular weight excluding hydrogens is 262 g/mol. The van der Waals surface area contributed by atoms with Gasteiger partial charge in [0.15, 0.2) is 0 Å². The Hall–Kier alpha value is -0.890. The summed E-state index contributed by atoms with van der Waals surface area (Å²) in [6, 6.07) is 0. The van der Waals surface area contributed by atoms with Crippen LogP contribution in [0.2, 0.25) is 0 Å². The van der Waals surface area contributed by atoms with Crippen molar-refractivity contribution in [2.45, 2.75) is 72.6 Å². The van der Waals surface area contributed by atoms with Crippen LogP contribution in [-0.4, -0.2) is 4.99 Å². The number of allylic oxidation sites excluding steroid dienone is 6. The zero-order chi connectivity index (χ0) is 15.4. The van der Waals surface area contributed by atoms with Crippen molar-refractivity contribution in [1.29, 1.82) is 0 Å². The Morgan fingerprint density at radius 1 is 0.800 bits per heavy atom. The van der Waals surface area contributed by atoms with E-state index in [4.69, 9.17) is 18.0 Å². The SMILES string of the molecule is CC(C)=CCCC(C)=CCCC(C)=CCCCC(N)=S. The fraction of sp³-hybridized carbons (Fsp3) is 0.611. The molecule has 1 nitrogen and oxygen atoms in total. The molecule has 114 valence electrons. The molecule has 0 rings (SSSR count). The van der Waals surface area contributed by atoms with E-state index >= 15 is 0 Å². The maximum atomic E-state index is 5.48. The first-order valence-corrected chi connectivity index (χ1v) is 8.05. The van der Waals surface area contributed by atoms with Gasteiger partial charge >= 0.3 is 0 Å². The maximum absolute atomic E-state index is 5.48. The highest BCUT2D eigenvalue weighted by atomic mass is 32.1. The summed E-state index contributed by atoms with van der Waals surface area (Å²) in [5, 5.41) is 0. The normalized spacial score (nSPS) is 12.4. The van der Waals surface area contributed by atoms with Crippen LogP contribution in [0.25, 0.3) is 0 Å². The minimum Gasteiger partial charge on any atom is -0.393 e. The predicted octanol–water partition coefficient (Wildman–Crippen LogP) is 5.86. The summed E-state index contributed by atoms with van der Waals surface area (Å²) in [4.78, 5) is 0.631. The van der Waals surface area contributed by atoms with Crippen molar-refractivity contribution in [1.82, 2.24) is 0 Å². The zero-order valence-corrected chi connectivity index (χ0v) is 14.5. The van der Waals surface area contributed by atoms with Gasteiger partial charge in [-0.05, 0) is 72.6 Å². The highest BCUT2D eigenvalue weighted by Gasteiger charge is 1.93. The lowest BCUT2D eigenvalue weighted by Gasteiger charge is -2.02. The Morgan fingerprint density at radius 3 is 1.80 bits per heavy atom. The predicted molar refractivity (Wildman–Crippen MR) is 96.0 cm³/mol. The summed E-state index contributed by atoms with van der Waals surface area (Å²) < 4.78 is 0. The van der Waals surface area contributed by atoms with Crippen molar-refractivity contribution in [2.75, 3.05) is 0 Å². The first-order chi connectivity index (χ1) is 9.41. The van der Waals surface area contributed by atoms with Crippen LogP contribution in [-0.2, 0) is 0 Å². The van der Waals surface area contributed by atoms with Gasteiger partial charge in [0.05, 0.1) is 4.99 Å². The van der Waals surface area contributed by atoms with Crippen LogP contribution in [0, 0.1) is 0 Å². The second-order valence-corrected chi connectivity index (χ2v) is 6.34. The standard InChI is InChI=1S/C18H31NS/c1-15(2)9-7-11-17(4)13-8-12-16(3)10-5-6-14-18(19)20/h9-10,13H,5-8,11-12,14H2,1-4H3,(H2,19,20). The van der Waals surface area contributed by atoms with Gasteiger partial charge in [-0.2, -0.15) is 0 Å². The number of thiocarbonyl (C=S) groups is 1. The molecule has 0 heterocycles. The molecule has 0 bridgehead atoms. The molecule has 0 aliphatic heterocycles. The highest BCUT2D eigenvalue weighted by Crippen LogP contribution is 2.12. The molecule has 0 aromatic rings. The Bertz CT molecular complexity index is 371.